The minimum Gasteiger partial charge on any atom is -0.475 e. The Morgan fingerprint density at radius 1 is 0.706 bits per heavy atom. The molecule has 34 heavy (non-hydrogen) atoms. The lowest BCUT2D eigenvalue weighted by molar-refractivity contribution is 0.0938. The highest BCUT2D eigenvalue weighted by molar-refractivity contribution is 5.97. The topological polar surface area (TPSA) is 102 Å². The lowest BCUT2D eigenvalue weighted by atomic mass is 10.1. The zero-order valence-corrected chi connectivity index (χ0v) is 19.9. The van der Waals surface area contributed by atoms with Crippen LogP contribution in [0.3, 0.4) is 0 Å². The molecule has 3 aromatic rings. The first-order valence-electron chi connectivity index (χ1n) is 11.2. The highest BCUT2D eigenvalue weighted by Crippen LogP contribution is 2.17. The number of pyridine rings is 2. The van der Waals surface area contributed by atoms with Crippen molar-refractivity contribution < 1.29 is 19.1 Å². The fourth-order valence-electron chi connectivity index (χ4n) is 3.10. The number of hydrogen-bond acceptors (Lipinski definition) is 6. The van der Waals surface area contributed by atoms with E-state index in [2.05, 4.69) is 20.6 Å². The molecule has 0 fully saturated rings. The summed E-state index contributed by atoms with van der Waals surface area (Å²) in [4.78, 5) is 33.6. The van der Waals surface area contributed by atoms with Crippen LogP contribution in [0.1, 0.15) is 59.5 Å². The van der Waals surface area contributed by atoms with Gasteiger partial charge in [0.2, 0.25) is 11.8 Å². The minimum absolute atomic E-state index is 0.0180. The third kappa shape index (κ3) is 7.03. The number of ether oxygens (including phenoxy) is 2. The van der Waals surface area contributed by atoms with Crippen molar-refractivity contribution in [1.82, 2.24) is 20.6 Å². The number of aromatic nitrogens is 2. The summed E-state index contributed by atoms with van der Waals surface area (Å²) in [5.74, 6) is 0.495. The van der Waals surface area contributed by atoms with Gasteiger partial charge in [0.25, 0.3) is 11.8 Å². The van der Waals surface area contributed by atoms with Crippen LogP contribution >= 0.6 is 0 Å². The van der Waals surface area contributed by atoms with Gasteiger partial charge in [-0.1, -0.05) is 12.1 Å². The molecule has 3 rings (SSSR count). The van der Waals surface area contributed by atoms with Crippen LogP contribution in [0.5, 0.6) is 11.8 Å². The van der Waals surface area contributed by atoms with Gasteiger partial charge < -0.3 is 20.1 Å². The van der Waals surface area contributed by atoms with Crippen molar-refractivity contribution in [2.24, 2.45) is 0 Å². The molecule has 0 unspecified atom stereocenters. The van der Waals surface area contributed by atoms with E-state index in [1.54, 1.807) is 48.8 Å². The number of rotatable bonds is 10. The molecule has 0 atom stereocenters. The van der Waals surface area contributed by atoms with E-state index in [4.69, 9.17) is 9.47 Å². The Labute approximate surface area is 199 Å². The number of nitrogens with one attached hydrogen (secondary N) is 2. The predicted molar refractivity (Wildman–Crippen MR) is 129 cm³/mol. The number of benzene rings is 1. The van der Waals surface area contributed by atoms with Gasteiger partial charge in [-0.05, 0) is 64.1 Å². The van der Waals surface area contributed by atoms with Crippen LogP contribution in [0.2, 0.25) is 0 Å². The van der Waals surface area contributed by atoms with E-state index in [1.165, 1.54) is 0 Å². The first-order chi connectivity index (χ1) is 16.3. The number of carbonyl (C=O) groups is 2. The Hall–Kier alpha value is -3.94. The molecule has 8 heteroatoms. The molecule has 0 aliphatic heterocycles. The van der Waals surface area contributed by atoms with Gasteiger partial charge in [0.05, 0.1) is 12.2 Å². The summed E-state index contributed by atoms with van der Waals surface area (Å²) in [6, 6.07) is 13.8. The molecular weight excluding hydrogens is 432 g/mol. The van der Waals surface area contributed by atoms with Gasteiger partial charge in [-0.15, -0.1) is 0 Å². The normalized spacial score (nSPS) is 10.8. The fourth-order valence-corrected chi connectivity index (χ4v) is 3.10. The van der Waals surface area contributed by atoms with Crippen molar-refractivity contribution in [3.63, 3.8) is 0 Å². The number of hydrogen-bond donors (Lipinski definition) is 2. The van der Waals surface area contributed by atoms with E-state index in [1.807, 2.05) is 39.8 Å². The summed E-state index contributed by atoms with van der Waals surface area (Å²) in [7, 11) is 0. The average molecular weight is 463 g/mol. The Kier molecular flexibility index (Phi) is 8.56. The Morgan fingerprint density at radius 3 is 1.44 bits per heavy atom. The van der Waals surface area contributed by atoms with E-state index < -0.39 is 0 Å². The molecule has 0 spiro atoms. The molecule has 0 bridgehead atoms. The first kappa shape index (κ1) is 24.7. The fraction of sp³-hybridized carbons (Fsp3) is 0.308. The predicted octanol–water partition coefficient (Wildman–Crippen LogP) is 3.91. The Balaban J connectivity index is 1.57. The van der Waals surface area contributed by atoms with Gasteiger partial charge in [0.1, 0.15) is 0 Å². The molecule has 2 aromatic heterocycles. The van der Waals surface area contributed by atoms with Crippen LogP contribution in [0.4, 0.5) is 0 Å². The standard InChI is InChI=1S/C26H30N4O4/c1-17(2)33-25-21(7-5-13-27-25)15-29-23(31)19-9-11-20(12-10-19)24(32)30-16-22-8-6-14-28-26(22)34-18(3)4/h5-14,17-18H,15-16H2,1-4H3,(H,29,31)(H,30,32). The maximum Gasteiger partial charge on any atom is 0.251 e. The summed E-state index contributed by atoms with van der Waals surface area (Å²) in [5.41, 5.74) is 2.48. The van der Waals surface area contributed by atoms with Crippen LogP contribution in [-0.2, 0) is 13.1 Å². The molecule has 1 aromatic carbocycles. The highest BCUT2D eigenvalue weighted by atomic mass is 16.5. The van der Waals surface area contributed by atoms with Crippen LogP contribution < -0.4 is 20.1 Å². The zero-order valence-electron chi connectivity index (χ0n) is 19.9. The van der Waals surface area contributed by atoms with E-state index in [9.17, 15) is 9.59 Å². The van der Waals surface area contributed by atoms with Gasteiger partial charge >= 0.3 is 0 Å². The van der Waals surface area contributed by atoms with Crippen molar-refractivity contribution in [2.45, 2.75) is 53.0 Å². The smallest absolute Gasteiger partial charge is 0.251 e. The highest BCUT2D eigenvalue weighted by Gasteiger charge is 2.13. The van der Waals surface area contributed by atoms with Crippen LogP contribution in [0.15, 0.2) is 60.9 Å². The maximum atomic E-state index is 12.6. The van der Waals surface area contributed by atoms with Crippen molar-refractivity contribution in [3.05, 3.63) is 83.2 Å². The molecular formula is C26H30N4O4. The molecule has 178 valence electrons. The van der Waals surface area contributed by atoms with E-state index in [0.717, 1.165) is 11.1 Å². The number of amides is 2. The summed E-state index contributed by atoms with van der Waals surface area (Å²) in [6.45, 7) is 8.24. The van der Waals surface area contributed by atoms with Crippen molar-refractivity contribution >= 4 is 11.8 Å². The quantitative estimate of drug-likeness (QED) is 0.474. The second-order valence-electron chi connectivity index (χ2n) is 8.21. The largest absolute Gasteiger partial charge is 0.475 e. The molecule has 0 aliphatic carbocycles. The van der Waals surface area contributed by atoms with Crippen molar-refractivity contribution in [3.8, 4) is 11.8 Å². The lowest BCUT2D eigenvalue weighted by Crippen LogP contribution is -2.25. The molecule has 0 saturated carbocycles. The van der Waals surface area contributed by atoms with Crippen LogP contribution in [0, 0.1) is 0 Å². The van der Waals surface area contributed by atoms with E-state index >= 15 is 0 Å². The summed E-state index contributed by atoms with van der Waals surface area (Å²) < 4.78 is 11.4. The number of nitrogens with zero attached hydrogens (tertiary/aromatic N) is 2. The summed E-state index contributed by atoms with van der Waals surface area (Å²) in [5, 5.41) is 5.73. The molecule has 2 heterocycles. The molecule has 0 saturated heterocycles. The molecule has 2 amide bonds. The third-order valence-electron chi connectivity index (χ3n) is 4.68. The van der Waals surface area contributed by atoms with Gasteiger partial charge in [0, 0.05) is 47.7 Å². The summed E-state index contributed by atoms with van der Waals surface area (Å²) >= 11 is 0. The summed E-state index contributed by atoms with van der Waals surface area (Å²) in [6.07, 6.45) is 3.27. The van der Waals surface area contributed by atoms with E-state index in [-0.39, 0.29) is 37.1 Å². The third-order valence-corrected chi connectivity index (χ3v) is 4.68. The van der Waals surface area contributed by atoms with Gasteiger partial charge in [-0.25, -0.2) is 9.97 Å². The van der Waals surface area contributed by atoms with E-state index in [0.29, 0.717) is 22.9 Å². The second-order valence-corrected chi connectivity index (χ2v) is 8.21. The monoisotopic (exact) mass is 462 g/mol. The SMILES string of the molecule is CC(C)Oc1ncccc1CNC(=O)c1ccc(C(=O)NCc2cccnc2OC(C)C)cc1. The molecule has 0 aliphatic rings. The first-order valence-corrected chi connectivity index (χ1v) is 11.2. The minimum atomic E-state index is -0.253. The number of carbonyl (C=O) groups excluding carboxylic acids is 2. The van der Waals surface area contributed by atoms with Gasteiger partial charge in [-0.2, -0.15) is 0 Å². The van der Waals surface area contributed by atoms with Crippen molar-refractivity contribution in [1.29, 1.82) is 0 Å². The average Bonchev–Trinajstić information content (AvgIpc) is 2.82. The van der Waals surface area contributed by atoms with Crippen molar-refractivity contribution in [2.75, 3.05) is 0 Å². The maximum absolute atomic E-state index is 12.6. The molecule has 8 nitrogen and oxygen atoms in total. The zero-order chi connectivity index (χ0) is 24.5. The second kappa shape index (κ2) is 11.8. The molecule has 0 radical (unpaired) electrons. The Morgan fingerprint density at radius 2 is 1.09 bits per heavy atom. The van der Waals surface area contributed by atoms with Crippen LogP contribution in [-0.4, -0.2) is 34.0 Å². The van der Waals surface area contributed by atoms with Gasteiger partial charge in [0.15, 0.2) is 0 Å². The van der Waals surface area contributed by atoms with Crippen LogP contribution in [0.25, 0.3) is 0 Å². The molecule has 2 N–H and O–H groups in total. The lowest BCUT2D eigenvalue weighted by Gasteiger charge is -2.14. The Bertz CT molecular complexity index is 1030. The van der Waals surface area contributed by atoms with Gasteiger partial charge in [-0.3, -0.25) is 9.59 Å².